The molecule has 0 saturated carbocycles. The minimum atomic E-state index is -0.549. The summed E-state index contributed by atoms with van der Waals surface area (Å²) in [6.45, 7) is 5.77. The molecule has 2 heterocycles. The first kappa shape index (κ1) is 19.4. The van der Waals surface area contributed by atoms with Gasteiger partial charge in [-0.25, -0.2) is 14.6 Å². The molecule has 0 fully saturated rings. The Bertz CT molecular complexity index is 1020. The summed E-state index contributed by atoms with van der Waals surface area (Å²) >= 11 is 0. The number of ether oxygens (including phenoxy) is 2. The van der Waals surface area contributed by atoms with Gasteiger partial charge >= 0.3 is 12.1 Å². The van der Waals surface area contributed by atoms with Crippen LogP contribution in [-0.2, 0) is 16.0 Å². The van der Waals surface area contributed by atoms with E-state index >= 15 is 0 Å². The molecule has 146 valence electrons. The van der Waals surface area contributed by atoms with Crippen LogP contribution in [0.5, 0.6) is 0 Å². The van der Waals surface area contributed by atoms with Crippen molar-refractivity contribution in [3.63, 3.8) is 0 Å². The molecule has 0 aliphatic rings. The number of carbonyl (C=O) groups is 2. The summed E-state index contributed by atoms with van der Waals surface area (Å²) in [6, 6.07) is 9.44. The van der Waals surface area contributed by atoms with Gasteiger partial charge < -0.3 is 19.2 Å². The van der Waals surface area contributed by atoms with E-state index in [2.05, 4.69) is 10.3 Å². The Balaban J connectivity index is 1.89. The average Bonchev–Trinajstić information content (AvgIpc) is 3.12. The molecule has 3 aromatic rings. The van der Waals surface area contributed by atoms with Crippen LogP contribution in [0, 0.1) is 0 Å². The molecule has 1 amide bonds. The Morgan fingerprint density at radius 1 is 1.21 bits per heavy atom. The van der Waals surface area contributed by atoms with Crippen LogP contribution in [0.3, 0.4) is 0 Å². The summed E-state index contributed by atoms with van der Waals surface area (Å²) in [4.78, 5) is 28.3. The lowest BCUT2D eigenvalue weighted by Crippen LogP contribution is -2.32. The molecule has 0 radical (unpaired) electrons. The maximum atomic E-state index is 12.0. The van der Waals surface area contributed by atoms with Crippen molar-refractivity contribution in [1.29, 1.82) is 0 Å². The third kappa shape index (κ3) is 4.49. The second-order valence-corrected chi connectivity index (χ2v) is 7.35. The lowest BCUT2D eigenvalue weighted by molar-refractivity contribution is 0.0522. The average molecular weight is 381 g/mol. The number of carbonyl (C=O) groups excluding carboxylic acids is 2. The monoisotopic (exact) mass is 381 g/mol. The highest BCUT2D eigenvalue weighted by molar-refractivity contribution is 5.92. The standard InChI is InChI=1S/C21H23N3O4/c1-21(2,3)28-20(26)23-12-14-6-5-7-15(10-14)17-11-16(19(25)27-4)13-24-9-8-22-18(17)24/h5-11,13H,12H2,1-4H3,(H,23,26). The normalized spacial score (nSPS) is 11.3. The van der Waals surface area contributed by atoms with Crippen LogP contribution >= 0.6 is 0 Å². The van der Waals surface area contributed by atoms with E-state index in [1.165, 1.54) is 7.11 Å². The van der Waals surface area contributed by atoms with E-state index in [-0.39, 0.29) is 0 Å². The zero-order chi connectivity index (χ0) is 20.3. The summed E-state index contributed by atoms with van der Waals surface area (Å²) < 4.78 is 11.9. The van der Waals surface area contributed by atoms with E-state index in [0.29, 0.717) is 12.1 Å². The molecule has 0 atom stereocenters. The highest BCUT2D eigenvalue weighted by Gasteiger charge is 2.16. The van der Waals surface area contributed by atoms with Gasteiger partial charge in [0.25, 0.3) is 0 Å². The van der Waals surface area contributed by atoms with Crippen molar-refractivity contribution >= 4 is 17.7 Å². The van der Waals surface area contributed by atoms with Gasteiger partial charge in [0.2, 0.25) is 0 Å². The summed E-state index contributed by atoms with van der Waals surface area (Å²) in [6.07, 6.45) is 4.67. The predicted octanol–water partition coefficient (Wildman–Crippen LogP) is 3.81. The minimum absolute atomic E-state index is 0.324. The molecule has 0 saturated heterocycles. The van der Waals surface area contributed by atoms with Crippen molar-refractivity contribution in [1.82, 2.24) is 14.7 Å². The quantitative estimate of drug-likeness (QED) is 0.695. The van der Waals surface area contributed by atoms with Crippen LogP contribution < -0.4 is 5.32 Å². The second kappa shape index (κ2) is 7.72. The Hall–Kier alpha value is -3.35. The fourth-order valence-corrected chi connectivity index (χ4v) is 2.81. The number of amides is 1. The van der Waals surface area contributed by atoms with Crippen molar-refractivity contribution in [2.75, 3.05) is 7.11 Å². The fraction of sp³-hybridized carbons (Fsp3) is 0.286. The fourth-order valence-electron chi connectivity index (χ4n) is 2.81. The number of nitrogens with zero attached hydrogens (tertiary/aromatic N) is 2. The van der Waals surface area contributed by atoms with E-state index in [9.17, 15) is 9.59 Å². The molecule has 0 aliphatic carbocycles. The number of esters is 1. The third-order valence-corrected chi connectivity index (χ3v) is 3.98. The SMILES string of the molecule is COC(=O)c1cc(-c2cccc(CNC(=O)OC(C)(C)C)c2)c2nccn2c1. The van der Waals surface area contributed by atoms with Crippen LogP contribution in [0.2, 0.25) is 0 Å². The van der Waals surface area contributed by atoms with Gasteiger partial charge in [-0.05, 0) is 44.0 Å². The van der Waals surface area contributed by atoms with Gasteiger partial charge in [-0.1, -0.05) is 18.2 Å². The molecule has 1 N–H and O–H groups in total. The number of methoxy groups -OCH3 is 1. The van der Waals surface area contributed by atoms with E-state index in [4.69, 9.17) is 9.47 Å². The highest BCUT2D eigenvalue weighted by Crippen LogP contribution is 2.26. The first-order valence-electron chi connectivity index (χ1n) is 8.88. The molecular formula is C21H23N3O4. The molecular weight excluding hydrogens is 358 g/mol. The van der Waals surface area contributed by atoms with Crippen molar-refractivity contribution < 1.29 is 19.1 Å². The van der Waals surface area contributed by atoms with Crippen LogP contribution in [0.1, 0.15) is 36.7 Å². The van der Waals surface area contributed by atoms with Gasteiger partial charge in [0, 0.05) is 30.7 Å². The largest absolute Gasteiger partial charge is 0.465 e. The summed E-state index contributed by atoms with van der Waals surface area (Å²) in [5.74, 6) is -0.417. The first-order valence-corrected chi connectivity index (χ1v) is 8.88. The van der Waals surface area contributed by atoms with Gasteiger partial charge in [-0.2, -0.15) is 0 Å². The molecule has 7 nitrogen and oxygen atoms in total. The maximum absolute atomic E-state index is 12.0. The maximum Gasteiger partial charge on any atom is 0.407 e. The number of alkyl carbamates (subject to hydrolysis) is 1. The Morgan fingerprint density at radius 3 is 2.71 bits per heavy atom. The summed E-state index contributed by atoms with van der Waals surface area (Å²) in [5.41, 5.74) is 3.19. The van der Waals surface area contributed by atoms with Gasteiger partial charge in [-0.3, -0.25) is 0 Å². The van der Waals surface area contributed by atoms with Gasteiger partial charge in [-0.15, -0.1) is 0 Å². The number of aromatic nitrogens is 2. The smallest absolute Gasteiger partial charge is 0.407 e. The molecule has 1 aromatic carbocycles. The lowest BCUT2D eigenvalue weighted by Gasteiger charge is -2.19. The molecule has 0 spiro atoms. The van der Waals surface area contributed by atoms with E-state index < -0.39 is 17.7 Å². The number of nitrogens with one attached hydrogen (secondary N) is 1. The van der Waals surface area contributed by atoms with Crippen molar-refractivity contribution in [2.24, 2.45) is 0 Å². The number of rotatable bonds is 4. The van der Waals surface area contributed by atoms with E-state index in [0.717, 1.165) is 22.3 Å². The van der Waals surface area contributed by atoms with Crippen molar-refractivity contribution in [3.05, 3.63) is 60.0 Å². The predicted molar refractivity (Wildman–Crippen MR) is 105 cm³/mol. The molecule has 0 unspecified atom stereocenters. The number of fused-ring (bicyclic) bond motifs is 1. The number of imidazole rings is 1. The molecule has 0 bridgehead atoms. The number of hydrogen-bond acceptors (Lipinski definition) is 5. The number of benzene rings is 1. The number of hydrogen-bond donors (Lipinski definition) is 1. The Morgan fingerprint density at radius 2 is 2.00 bits per heavy atom. The molecule has 3 rings (SSSR count). The third-order valence-electron chi connectivity index (χ3n) is 3.98. The Kier molecular flexibility index (Phi) is 5.35. The van der Waals surface area contributed by atoms with Crippen LogP contribution in [-0.4, -0.2) is 34.2 Å². The summed E-state index contributed by atoms with van der Waals surface area (Å²) in [7, 11) is 1.35. The van der Waals surface area contributed by atoms with E-state index in [1.54, 1.807) is 29.1 Å². The van der Waals surface area contributed by atoms with Gasteiger partial charge in [0.05, 0.1) is 12.7 Å². The molecule has 28 heavy (non-hydrogen) atoms. The van der Waals surface area contributed by atoms with Crippen LogP contribution in [0.25, 0.3) is 16.8 Å². The van der Waals surface area contributed by atoms with Gasteiger partial charge in [0.15, 0.2) is 0 Å². The zero-order valence-electron chi connectivity index (χ0n) is 16.4. The molecule has 0 aliphatic heterocycles. The van der Waals surface area contributed by atoms with Crippen molar-refractivity contribution in [3.8, 4) is 11.1 Å². The lowest BCUT2D eigenvalue weighted by atomic mass is 10.0. The first-order chi connectivity index (χ1) is 13.3. The van der Waals surface area contributed by atoms with Crippen molar-refractivity contribution in [2.45, 2.75) is 32.9 Å². The zero-order valence-corrected chi connectivity index (χ0v) is 16.4. The molecule has 2 aromatic heterocycles. The minimum Gasteiger partial charge on any atom is -0.465 e. The Labute approximate surface area is 163 Å². The topological polar surface area (TPSA) is 81.9 Å². The van der Waals surface area contributed by atoms with Gasteiger partial charge in [0.1, 0.15) is 11.2 Å². The second-order valence-electron chi connectivity index (χ2n) is 7.35. The number of pyridine rings is 1. The van der Waals surface area contributed by atoms with Crippen LogP contribution in [0.4, 0.5) is 4.79 Å². The van der Waals surface area contributed by atoms with E-state index in [1.807, 2.05) is 45.0 Å². The van der Waals surface area contributed by atoms with Crippen LogP contribution in [0.15, 0.2) is 48.9 Å². The summed E-state index contributed by atoms with van der Waals surface area (Å²) in [5, 5.41) is 2.75. The molecule has 7 heteroatoms. The highest BCUT2D eigenvalue weighted by atomic mass is 16.6.